The Morgan fingerprint density at radius 2 is 1.93 bits per heavy atom. The van der Waals surface area contributed by atoms with Crippen LogP contribution >= 0.6 is 0 Å². The Hall–Kier alpha value is -0.120. The summed E-state index contributed by atoms with van der Waals surface area (Å²) in [4.78, 5) is 2.33. The Kier molecular flexibility index (Phi) is 7.15. The van der Waals surface area contributed by atoms with Crippen LogP contribution < -0.4 is 5.32 Å². The van der Waals surface area contributed by atoms with Crippen LogP contribution in [0.5, 0.6) is 0 Å². The number of nitrogens with zero attached hydrogens (tertiary/aromatic N) is 1. The van der Waals surface area contributed by atoms with E-state index in [2.05, 4.69) is 31.0 Å². The third-order valence-electron chi connectivity index (χ3n) is 2.26. The van der Waals surface area contributed by atoms with E-state index in [1.807, 2.05) is 7.05 Å². The Bertz CT molecular complexity index is 131. The van der Waals surface area contributed by atoms with Crippen LogP contribution in [0.1, 0.15) is 27.2 Å². The summed E-state index contributed by atoms with van der Waals surface area (Å²) in [5.41, 5.74) is 0.277. The van der Waals surface area contributed by atoms with E-state index in [9.17, 15) is 0 Å². The third kappa shape index (κ3) is 6.35. The second-order valence-electron chi connectivity index (χ2n) is 4.69. The van der Waals surface area contributed by atoms with Gasteiger partial charge in [-0.2, -0.15) is 0 Å². The number of hydrogen-bond donors (Lipinski definition) is 2. The van der Waals surface area contributed by atoms with Gasteiger partial charge in [-0.05, 0) is 25.4 Å². The summed E-state index contributed by atoms with van der Waals surface area (Å²) < 4.78 is 0. The van der Waals surface area contributed by atoms with Crippen molar-refractivity contribution < 1.29 is 5.11 Å². The van der Waals surface area contributed by atoms with Gasteiger partial charge in [-0.25, -0.2) is 0 Å². The molecular formula is C11H26N2O. The molecule has 0 bridgehead atoms. The third-order valence-corrected chi connectivity index (χ3v) is 2.26. The summed E-state index contributed by atoms with van der Waals surface area (Å²) in [5, 5.41) is 12.1. The van der Waals surface area contributed by atoms with E-state index in [1.54, 1.807) is 0 Å². The first kappa shape index (κ1) is 13.9. The van der Waals surface area contributed by atoms with Gasteiger partial charge in [0.05, 0.1) is 6.61 Å². The zero-order valence-corrected chi connectivity index (χ0v) is 10.1. The molecule has 0 aromatic carbocycles. The molecule has 0 rings (SSSR count). The number of rotatable bonds is 8. The zero-order valence-electron chi connectivity index (χ0n) is 10.1. The lowest BCUT2D eigenvalue weighted by Gasteiger charge is -2.32. The quantitative estimate of drug-likeness (QED) is 0.615. The fourth-order valence-corrected chi connectivity index (χ4v) is 1.87. The van der Waals surface area contributed by atoms with E-state index >= 15 is 0 Å². The predicted octanol–water partition coefficient (Wildman–Crippen LogP) is 0.936. The van der Waals surface area contributed by atoms with E-state index < -0.39 is 0 Å². The minimum atomic E-state index is 0.260. The molecule has 0 aromatic rings. The standard InChI is InChI=1S/C11H26N2O/c1-5-6-13(7-8-14)10-11(2,3)9-12-4/h12,14H,5-10H2,1-4H3. The molecule has 0 amide bonds. The summed E-state index contributed by atoms with van der Waals surface area (Å²) in [6, 6.07) is 0. The lowest BCUT2D eigenvalue weighted by Crippen LogP contribution is -2.41. The van der Waals surface area contributed by atoms with Crippen molar-refractivity contribution in [2.75, 3.05) is 39.8 Å². The lowest BCUT2D eigenvalue weighted by molar-refractivity contribution is 0.143. The predicted molar refractivity (Wildman–Crippen MR) is 61.5 cm³/mol. The Morgan fingerprint density at radius 3 is 2.36 bits per heavy atom. The SMILES string of the molecule is CCCN(CCO)CC(C)(C)CNC. The van der Waals surface area contributed by atoms with E-state index in [-0.39, 0.29) is 12.0 Å². The molecular weight excluding hydrogens is 176 g/mol. The summed E-state index contributed by atoms with van der Waals surface area (Å²) >= 11 is 0. The van der Waals surface area contributed by atoms with Gasteiger partial charge in [-0.1, -0.05) is 20.8 Å². The van der Waals surface area contributed by atoms with Crippen molar-refractivity contribution in [1.29, 1.82) is 0 Å². The van der Waals surface area contributed by atoms with Gasteiger partial charge in [-0.15, -0.1) is 0 Å². The van der Waals surface area contributed by atoms with Crippen molar-refractivity contribution in [3.8, 4) is 0 Å². The van der Waals surface area contributed by atoms with Crippen molar-refractivity contribution in [1.82, 2.24) is 10.2 Å². The minimum absolute atomic E-state index is 0.260. The van der Waals surface area contributed by atoms with Crippen LogP contribution in [0, 0.1) is 5.41 Å². The van der Waals surface area contributed by atoms with Crippen LogP contribution in [-0.4, -0.2) is 49.8 Å². The second kappa shape index (κ2) is 7.21. The topological polar surface area (TPSA) is 35.5 Å². The molecule has 0 radical (unpaired) electrons. The molecule has 0 aliphatic heterocycles. The highest BCUT2D eigenvalue weighted by Gasteiger charge is 2.20. The first-order chi connectivity index (χ1) is 6.55. The zero-order chi connectivity index (χ0) is 11.0. The molecule has 14 heavy (non-hydrogen) atoms. The molecule has 0 unspecified atom stereocenters. The normalized spacial score (nSPS) is 12.4. The molecule has 0 heterocycles. The molecule has 0 aliphatic rings. The fraction of sp³-hybridized carbons (Fsp3) is 1.00. The van der Waals surface area contributed by atoms with Gasteiger partial charge >= 0.3 is 0 Å². The van der Waals surface area contributed by atoms with Gasteiger partial charge < -0.3 is 15.3 Å². The van der Waals surface area contributed by atoms with E-state index in [4.69, 9.17) is 5.11 Å². The fourth-order valence-electron chi connectivity index (χ4n) is 1.87. The highest BCUT2D eigenvalue weighted by Crippen LogP contribution is 2.15. The first-order valence-corrected chi connectivity index (χ1v) is 5.53. The lowest BCUT2D eigenvalue weighted by atomic mass is 9.92. The van der Waals surface area contributed by atoms with Gasteiger partial charge in [-0.3, -0.25) is 0 Å². The van der Waals surface area contributed by atoms with Crippen LogP contribution in [0.15, 0.2) is 0 Å². The molecule has 0 saturated heterocycles. The van der Waals surface area contributed by atoms with E-state index in [0.717, 1.165) is 32.6 Å². The molecule has 0 fully saturated rings. The molecule has 2 N–H and O–H groups in total. The van der Waals surface area contributed by atoms with Crippen LogP contribution in [0.2, 0.25) is 0 Å². The highest BCUT2D eigenvalue weighted by atomic mass is 16.3. The number of aliphatic hydroxyl groups excluding tert-OH is 1. The summed E-state index contributed by atoms with van der Waals surface area (Å²) in [6.07, 6.45) is 1.15. The van der Waals surface area contributed by atoms with Crippen molar-refractivity contribution >= 4 is 0 Å². The summed E-state index contributed by atoms with van der Waals surface area (Å²) in [7, 11) is 1.98. The molecule has 0 atom stereocenters. The summed E-state index contributed by atoms with van der Waals surface area (Å²) in [5.74, 6) is 0. The van der Waals surface area contributed by atoms with Gasteiger partial charge in [0.15, 0.2) is 0 Å². The Labute approximate surface area is 88.5 Å². The average Bonchev–Trinajstić information content (AvgIpc) is 2.03. The van der Waals surface area contributed by atoms with Crippen molar-refractivity contribution in [2.24, 2.45) is 5.41 Å². The average molecular weight is 202 g/mol. The Morgan fingerprint density at radius 1 is 1.29 bits per heavy atom. The summed E-state index contributed by atoms with van der Waals surface area (Å²) in [6.45, 7) is 10.9. The van der Waals surface area contributed by atoms with Crippen LogP contribution in [0.3, 0.4) is 0 Å². The van der Waals surface area contributed by atoms with Crippen molar-refractivity contribution in [3.63, 3.8) is 0 Å². The smallest absolute Gasteiger partial charge is 0.0558 e. The molecule has 3 nitrogen and oxygen atoms in total. The highest BCUT2D eigenvalue weighted by molar-refractivity contribution is 4.75. The number of hydrogen-bond acceptors (Lipinski definition) is 3. The van der Waals surface area contributed by atoms with Crippen molar-refractivity contribution in [2.45, 2.75) is 27.2 Å². The minimum Gasteiger partial charge on any atom is -0.395 e. The molecule has 86 valence electrons. The van der Waals surface area contributed by atoms with Crippen LogP contribution in [0.25, 0.3) is 0 Å². The number of nitrogens with one attached hydrogen (secondary N) is 1. The van der Waals surface area contributed by atoms with Gasteiger partial charge in [0, 0.05) is 19.6 Å². The van der Waals surface area contributed by atoms with Crippen LogP contribution in [-0.2, 0) is 0 Å². The molecule has 0 spiro atoms. The maximum absolute atomic E-state index is 8.93. The monoisotopic (exact) mass is 202 g/mol. The Balaban J connectivity index is 3.98. The molecule has 0 aromatic heterocycles. The molecule has 0 saturated carbocycles. The first-order valence-electron chi connectivity index (χ1n) is 5.53. The van der Waals surface area contributed by atoms with Crippen molar-refractivity contribution in [3.05, 3.63) is 0 Å². The van der Waals surface area contributed by atoms with Gasteiger partial charge in [0.2, 0.25) is 0 Å². The molecule has 3 heteroatoms. The number of aliphatic hydroxyl groups is 1. The molecule has 0 aliphatic carbocycles. The largest absolute Gasteiger partial charge is 0.395 e. The maximum Gasteiger partial charge on any atom is 0.0558 e. The maximum atomic E-state index is 8.93. The second-order valence-corrected chi connectivity index (χ2v) is 4.69. The van der Waals surface area contributed by atoms with Crippen LogP contribution in [0.4, 0.5) is 0 Å². The van der Waals surface area contributed by atoms with E-state index in [0.29, 0.717) is 0 Å². The van der Waals surface area contributed by atoms with Gasteiger partial charge in [0.1, 0.15) is 0 Å². The van der Waals surface area contributed by atoms with E-state index in [1.165, 1.54) is 0 Å². The van der Waals surface area contributed by atoms with Gasteiger partial charge in [0.25, 0.3) is 0 Å².